The SMILES string of the molecule is CCOC(=O)C1CCC(NC(=NC)NCC2CC2c2ccccc2)CC1. The van der Waals surface area contributed by atoms with Crippen LogP contribution in [0.5, 0.6) is 0 Å². The van der Waals surface area contributed by atoms with Gasteiger partial charge in [-0.05, 0) is 56.4 Å². The van der Waals surface area contributed by atoms with Gasteiger partial charge in [0.2, 0.25) is 0 Å². The number of ether oxygens (including phenoxy) is 1. The summed E-state index contributed by atoms with van der Waals surface area (Å²) in [5.74, 6) is 2.29. The number of benzene rings is 1. The van der Waals surface area contributed by atoms with Crippen LogP contribution in [0, 0.1) is 11.8 Å². The summed E-state index contributed by atoms with van der Waals surface area (Å²) < 4.78 is 5.14. The molecule has 0 aliphatic heterocycles. The largest absolute Gasteiger partial charge is 0.466 e. The first-order valence-corrected chi connectivity index (χ1v) is 9.90. The van der Waals surface area contributed by atoms with Crippen molar-refractivity contribution in [2.45, 2.75) is 51.0 Å². The maximum atomic E-state index is 11.8. The van der Waals surface area contributed by atoms with Crippen LogP contribution < -0.4 is 10.6 Å². The molecular weight excluding hydrogens is 326 g/mol. The highest BCUT2D eigenvalue weighted by atomic mass is 16.5. The molecule has 2 N–H and O–H groups in total. The monoisotopic (exact) mass is 357 g/mol. The van der Waals surface area contributed by atoms with Crippen molar-refractivity contribution in [1.82, 2.24) is 10.6 Å². The Hall–Kier alpha value is -2.04. The summed E-state index contributed by atoms with van der Waals surface area (Å²) in [5, 5.41) is 7.00. The van der Waals surface area contributed by atoms with Crippen LogP contribution in [-0.2, 0) is 9.53 Å². The second-order valence-electron chi connectivity index (χ2n) is 7.41. The molecule has 0 heterocycles. The first-order chi connectivity index (χ1) is 12.7. The van der Waals surface area contributed by atoms with Gasteiger partial charge in [0.1, 0.15) is 0 Å². The van der Waals surface area contributed by atoms with E-state index in [-0.39, 0.29) is 11.9 Å². The summed E-state index contributed by atoms with van der Waals surface area (Å²) in [4.78, 5) is 16.2. The molecule has 2 saturated carbocycles. The maximum Gasteiger partial charge on any atom is 0.308 e. The average molecular weight is 357 g/mol. The molecule has 0 aromatic heterocycles. The van der Waals surface area contributed by atoms with Gasteiger partial charge in [0.15, 0.2) is 5.96 Å². The van der Waals surface area contributed by atoms with Gasteiger partial charge in [-0.2, -0.15) is 0 Å². The lowest BCUT2D eigenvalue weighted by Gasteiger charge is -2.29. The van der Waals surface area contributed by atoms with Crippen LogP contribution in [0.25, 0.3) is 0 Å². The molecule has 142 valence electrons. The zero-order chi connectivity index (χ0) is 18.4. The highest BCUT2D eigenvalue weighted by Gasteiger charge is 2.38. The number of esters is 1. The van der Waals surface area contributed by atoms with E-state index < -0.39 is 0 Å². The summed E-state index contributed by atoms with van der Waals surface area (Å²) in [5.41, 5.74) is 1.44. The minimum absolute atomic E-state index is 0.0332. The molecule has 0 saturated heterocycles. The molecule has 0 radical (unpaired) electrons. The normalized spacial score (nSPS) is 28.3. The van der Waals surface area contributed by atoms with Gasteiger partial charge >= 0.3 is 5.97 Å². The van der Waals surface area contributed by atoms with Crippen molar-refractivity contribution in [3.63, 3.8) is 0 Å². The molecule has 0 bridgehead atoms. The van der Waals surface area contributed by atoms with Crippen molar-refractivity contribution in [2.24, 2.45) is 16.8 Å². The predicted molar refractivity (Wildman–Crippen MR) is 104 cm³/mol. The maximum absolute atomic E-state index is 11.8. The first-order valence-electron chi connectivity index (χ1n) is 9.90. The van der Waals surface area contributed by atoms with Crippen LogP contribution >= 0.6 is 0 Å². The van der Waals surface area contributed by atoms with Gasteiger partial charge in [0.25, 0.3) is 0 Å². The molecule has 1 aromatic carbocycles. The average Bonchev–Trinajstić information content (AvgIpc) is 3.46. The zero-order valence-corrected chi connectivity index (χ0v) is 15.9. The highest BCUT2D eigenvalue weighted by Crippen LogP contribution is 2.46. The topological polar surface area (TPSA) is 62.7 Å². The number of hydrogen-bond donors (Lipinski definition) is 2. The number of carbonyl (C=O) groups excluding carboxylic acids is 1. The van der Waals surface area contributed by atoms with Crippen LogP contribution in [0.1, 0.15) is 50.5 Å². The van der Waals surface area contributed by atoms with E-state index in [2.05, 4.69) is 46.0 Å². The van der Waals surface area contributed by atoms with Crippen molar-refractivity contribution >= 4 is 11.9 Å². The van der Waals surface area contributed by atoms with Gasteiger partial charge in [-0.3, -0.25) is 9.79 Å². The molecule has 2 aliphatic carbocycles. The number of nitrogens with zero attached hydrogens (tertiary/aromatic N) is 1. The van der Waals surface area contributed by atoms with E-state index >= 15 is 0 Å². The molecule has 2 fully saturated rings. The standard InChI is InChI=1S/C21H31N3O2/c1-3-26-20(25)16-9-11-18(12-10-16)24-21(22-2)23-14-17-13-19(17)15-7-5-4-6-8-15/h4-8,16-19H,3,9-14H2,1-2H3,(H2,22,23,24). The Morgan fingerprint density at radius 3 is 2.58 bits per heavy atom. The van der Waals surface area contributed by atoms with E-state index in [1.165, 1.54) is 12.0 Å². The summed E-state index contributed by atoms with van der Waals surface area (Å²) in [6, 6.07) is 11.1. The van der Waals surface area contributed by atoms with Gasteiger partial charge in [0.05, 0.1) is 12.5 Å². The van der Waals surface area contributed by atoms with Crippen LogP contribution in [0.2, 0.25) is 0 Å². The highest BCUT2D eigenvalue weighted by molar-refractivity contribution is 5.80. The van der Waals surface area contributed by atoms with E-state index in [4.69, 9.17) is 4.74 Å². The molecule has 2 aliphatic rings. The summed E-state index contributed by atoms with van der Waals surface area (Å²) in [7, 11) is 1.82. The first kappa shape index (κ1) is 18.7. The van der Waals surface area contributed by atoms with Crippen LogP contribution in [0.15, 0.2) is 35.3 Å². The lowest BCUT2D eigenvalue weighted by atomic mass is 9.86. The lowest BCUT2D eigenvalue weighted by molar-refractivity contribution is -0.149. The number of nitrogens with one attached hydrogen (secondary N) is 2. The number of carbonyl (C=O) groups is 1. The third kappa shape index (κ3) is 4.99. The molecule has 3 rings (SSSR count). The molecule has 1 aromatic rings. The predicted octanol–water partition coefficient (Wildman–Crippen LogP) is 3.08. The molecule has 5 nitrogen and oxygen atoms in total. The molecule has 26 heavy (non-hydrogen) atoms. The fraction of sp³-hybridized carbons (Fsp3) is 0.619. The lowest BCUT2D eigenvalue weighted by Crippen LogP contribution is -2.45. The van der Waals surface area contributed by atoms with Crippen molar-refractivity contribution in [3.05, 3.63) is 35.9 Å². The molecule has 5 heteroatoms. The Kier molecular flexibility index (Phi) is 6.53. The van der Waals surface area contributed by atoms with E-state index in [9.17, 15) is 4.79 Å². The van der Waals surface area contributed by atoms with Gasteiger partial charge in [-0.15, -0.1) is 0 Å². The number of aliphatic imine (C=N–C) groups is 1. The third-order valence-corrected chi connectivity index (χ3v) is 5.59. The Morgan fingerprint density at radius 2 is 1.92 bits per heavy atom. The van der Waals surface area contributed by atoms with Crippen molar-refractivity contribution < 1.29 is 9.53 Å². The van der Waals surface area contributed by atoms with E-state index in [1.54, 1.807) is 0 Å². The number of hydrogen-bond acceptors (Lipinski definition) is 3. The molecule has 0 spiro atoms. The van der Waals surface area contributed by atoms with E-state index in [0.29, 0.717) is 24.5 Å². The minimum atomic E-state index is -0.0332. The number of guanidine groups is 1. The van der Waals surface area contributed by atoms with Crippen molar-refractivity contribution in [3.8, 4) is 0 Å². The Bertz CT molecular complexity index is 609. The Labute approximate surface area is 156 Å². The number of rotatable bonds is 6. The quantitative estimate of drug-likeness (QED) is 0.467. The van der Waals surface area contributed by atoms with Gasteiger partial charge in [0, 0.05) is 19.6 Å². The second-order valence-corrected chi connectivity index (χ2v) is 7.41. The third-order valence-electron chi connectivity index (χ3n) is 5.59. The molecule has 0 amide bonds. The van der Waals surface area contributed by atoms with Crippen LogP contribution in [0.3, 0.4) is 0 Å². The fourth-order valence-electron chi connectivity index (χ4n) is 3.93. The summed E-state index contributed by atoms with van der Waals surface area (Å²) in [6.07, 6.45) is 5.01. The molecule has 2 atom stereocenters. The van der Waals surface area contributed by atoms with Gasteiger partial charge < -0.3 is 15.4 Å². The van der Waals surface area contributed by atoms with Gasteiger partial charge in [-0.1, -0.05) is 30.3 Å². The van der Waals surface area contributed by atoms with Crippen LogP contribution in [-0.4, -0.2) is 38.2 Å². The van der Waals surface area contributed by atoms with Crippen molar-refractivity contribution in [1.29, 1.82) is 0 Å². The fourth-order valence-corrected chi connectivity index (χ4v) is 3.93. The van der Waals surface area contributed by atoms with E-state index in [1.807, 2.05) is 14.0 Å². The molecule has 2 unspecified atom stereocenters. The Morgan fingerprint density at radius 1 is 1.19 bits per heavy atom. The zero-order valence-electron chi connectivity index (χ0n) is 15.9. The van der Waals surface area contributed by atoms with E-state index in [0.717, 1.165) is 38.2 Å². The van der Waals surface area contributed by atoms with Crippen molar-refractivity contribution in [2.75, 3.05) is 20.2 Å². The second kappa shape index (κ2) is 9.06. The Balaban J connectivity index is 1.38. The minimum Gasteiger partial charge on any atom is -0.466 e. The molecular formula is C21H31N3O2. The smallest absolute Gasteiger partial charge is 0.308 e. The summed E-state index contributed by atoms with van der Waals surface area (Å²) in [6.45, 7) is 3.29. The summed E-state index contributed by atoms with van der Waals surface area (Å²) >= 11 is 0. The van der Waals surface area contributed by atoms with Gasteiger partial charge in [-0.25, -0.2) is 0 Å². The van der Waals surface area contributed by atoms with Crippen LogP contribution in [0.4, 0.5) is 0 Å².